The van der Waals surface area contributed by atoms with E-state index in [0.717, 1.165) is 40.6 Å². The summed E-state index contributed by atoms with van der Waals surface area (Å²) in [4.78, 5) is 34.5. The predicted octanol–water partition coefficient (Wildman–Crippen LogP) is 4.10. The van der Waals surface area contributed by atoms with Crippen LogP contribution >= 0.6 is 11.3 Å². The van der Waals surface area contributed by atoms with E-state index in [1.54, 1.807) is 11.3 Å². The average molecular weight is 382 g/mol. The van der Waals surface area contributed by atoms with Crippen LogP contribution < -0.4 is 5.56 Å². The highest BCUT2D eigenvalue weighted by molar-refractivity contribution is 7.18. The minimum Gasteiger partial charge on any atom is -0.457 e. The van der Waals surface area contributed by atoms with E-state index >= 15 is 0 Å². The van der Waals surface area contributed by atoms with E-state index in [1.165, 1.54) is 11.3 Å². The first-order valence-electron chi connectivity index (χ1n) is 9.42. The summed E-state index contributed by atoms with van der Waals surface area (Å²) >= 11 is 1.60. The summed E-state index contributed by atoms with van der Waals surface area (Å²) in [6.45, 7) is 1.94. The van der Waals surface area contributed by atoms with Gasteiger partial charge in [-0.15, -0.1) is 11.3 Å². The van der Waals surface area contributed by atoms with Crippen molar-refractivity contribution in [3.8, 4) is 0 Å². The van der Waals surface area contributed by atoms with Gasteiger partial charge in [-0.1, -0.05) is 37.3 Å². The van der Waals surface area contributed by atoms with Crippen LogP contribution in [-0.4, -0.2) is 15.9 Å². The molecule has 6 heteroatoms. The molecular weight excluding hydrogens is 360 g/mol. The first-order chi connectivity index (χ1) is 13.2. The van der Waals surface area contributed by atoms with E-state index in [-0.39, 0.29) is 24.1 Å². The van der Waals surface area contributed by atoms with Crippen molar-refractivity contribution in [1.82, 2.24) is 9.97 Å². The molecule has 1 aromatic carbocycles. The fourth-order valence-electron chi connectivity index (χ4n) is 3.74. The van der Waals surface area contributed by atoms with Crippen LogP contribution in [-0.2, 0) is 29.0 Å². The third-order valence-electron chi connectivity index (χ3n) is 5.12. The van der Waals surface area contributed by atoms with Gasteiger partial charge in [0.15, 0.2) is 0 Å². The molecule has 0 amide bonds. The Morgan fingerprint density at radius 1 is 1.26 bits per heavy atom. The maximum Gasteiger partial charge on any atom is 0.313 e. The molecule has 2 aromatic heterocycles. The van der Waals surface area contributed by atoms with E-state index in [4.69, 9.17) is 4.74 Å². The Balaban J connectivity index is 1.53. The van der Waals surface area contributed by atoms with Crippen molar-refractivity contribution in [2.45, 2.75) is 51.6 Å². The highest BCUT2D eigenvalue weighted by Gasteiger charge is 2.22. The largest absolute Gasteiger partial charge is 0.457 e. The zero-order chi connectivity index (χ0) is 18.8. The Morgan fingerprint density at radius 3 is 2.81 bits per heavy atom. The third kappa shape index (κ3) is 3.54. The standard InChI is InChI=1S/C21H22N2O3S/c1-2-14(13-8-4-3-5-9-13)21(25)26-12-17-22-19(24)18-15-10-6-7-11-16(15)27-20(18)23-17/h3-5,8-9,14H,2,6-7,10-12H2,1H3,(H,22,23,24)/t14-/m1/s1. The van der Waals surface area contributed by atoms with Crippen LogP contribution in [0.15, 0.2) is 35.1 Å². The molecule has 0 bridgehead atoms. The second-order valence-corrected chi connectivity index (χ2v) is 7.97. The van der Waals surface area contributed by atoms with Gasteiger partial charge in [-0.3, -0.25) is 9.59 Å². The lowest BCUT2D eigenvalue weighted by Gasteiger charge is -2.14. The van der Waals surface area contributed by atoms with Gasteiger partial charge in [0, 0.05) is 4.88 Å². The van der Waals surface area contributed by atoms with Gasteiger partial charge in [0.05, 0.1) is 11.3 Å². The van der Waals surface area contributed by atoms with Crippen molar-refractivity contribution in [3.05, 3.63) is 62.5 Å². The molecule has 0 saturated heterocycles. The number of ether oxygens (including phenoxy) is 1. The minimum absolute atomic E-state index is 0.0179. The molecule has 0 fully saturated rings. The lowest BCUT2D eigenvalue weighted by Crippen LogP contribution is -2.18. The van der Waals surface area contributed by atoms with Gasteiger partial charge >= 0.3 is 5.97 Å². The fraction of sp³-hybridized carbons (Fsp3) is 0.381. The molecule has 0 aliphatic heterocycles. The van der Waals surface area contributed by atoms with Crippen LogP contribution in [0, 0.1) is 0 Å². The number of hydrogen-bond donors (Lipinski definition) is 1. The van der Waals surface area contributed by atoms with Gasteiger partial charge in [0.25, 0.3) is 5.56 Å². The number of nitrogens with zero attached hydrogens (tertiary/aromatic N) is 1. The van der Waals surface area contributed by atoms with Gasteiger partial charge < -0.3 is 9.72 Å². The van der Waals surface area contributed by atoms with E-state index in [9.17, 15) is 9.59 Å². The molecule has 1 aliphatic rings. The third-order valence-corrected chi connectivity index (χ3v) is 6.31. The van der Waals surface area contributed by atoms with Crippen molar-refractivity contribution in [2.75, 3.05) is 0 Å². The summed E-state index contributed by atoms with van der Waals surface area (Å²) in [7, 11) is 0. The molecule has 1 N–H and O–H groups in total. The number of aromatic amines is 1. The molecule has 1 atom stereocenters. The van der Waals surface area contributed by atoms with Crippen LogP contribution in [0.2, 0.25) is 0 Å². The number of fused-ring (bicyclic) bond motifs is 3. The number of H-pyrrole nitrogens is 1. The van der Waals surface area contributed by atoms with Crippen LogP contribution in [0.4, 0.5) is 0 Å². The number of carbonyl (C=O) groups is 1. The number of hydrogen-bond acceptors (Lipinski definition) is 5. The molecule has 140 valence electrons. The number of carbonyl (C=O) groups excluding carboxylic acids is 1. The molecule has 0 saturated carbocycles. The topological polar surface area (TPSA) is 72.0 Å². The second kappa shape index (κ2) is 7.64. The van der Waals surface area contributed by atoms with E-state index in [1.807, 2.05) is 37.3 Å². The first kappa shape index (κ1) is 17.9. The smallest absolute Gasteiger partial charge is 0.313 e. The molecule has 0 spiro atoms. The second-order valence-electron chi connectivity index (χ2n) is 6.88. The van der Waals surface area contributed by atoms with E-state index in [0.29, 0.717) is 12.2 Å². The average Bonchev–Trinajstić information content (AvgIpc) is 3.06. The van der Waals surface area contributed by atoms with Crippen LogP contribution in [0.5, 0.6) is 0 Å². The lowest BCUT2D eigenvalue weighted by molar-refractivity contribution is -0.147. The summed E-state index contributed by atoms with van der Waals surface area (Å²) < 4.78 is 5.47. The van der Waals surface area contributed by atoms with Crippen molar-refractivity contribution < 1.29 is 9.53 Å². The van der Waals surface area contributed by atoms with Crippen LogP contribution in [0.25, 0.3) is 10.2 Å². The number of rotatable bonds is 5. The Bertz CT molecular complexity index is 1020. The van der Waals surface area contributed by atoms with Gasteiger partial charge in [-0.05, 0) is 43.2 Å². The maximum atomic E-state index is 12.6. The Hall–Kier alpha value is -2.47. The van der Waals surface area contributed by atoms with Crippen molar-refractivity contribution in [2.24, 2.45) is 0 Å². The Morgan fingerprint density at radius 2 is 2.04 bits per heavy atom. The molecule has 4 rings (SSSR count). The number of thiophene rings is 1. The highest BCUT2D eigenvalue weighted by Crippen LogP contribution is 2.33. The van der Waals surface area contributed by atoms with Gasteiger partial charge in [0.2, 0.25) is 0 Å². The molecule has 5 nitrogen and oxygen atoms in total. The van der Waals surface area contributed by atoms with Gasteiger partial charge in [-0.2, -0.15) is 0 Å². The molecule has 27 heavy (non-hydrogen) atoms. The Kier molecular flexibility index (Phi) is 5.07. The van der Waals surface area contributed by atoms with E-state index in [2.05, 4.69) is 9.97 Å². The Labute approximate surface area is 161 Å². The van der Waals surface area contributed by atoms with E-state index < -0.39 is 0 Å². The maximum absolute atomic E-state index is 12.6. The van der Waals surface area contributed by atoms with Crippen LogP contribution in [0.3, 0.4) is 0 Å². The number of esters is 1. The molecule has 1 aliphatic carbocycles. The lowest BCUT2D eigenvalue weighted by atomic mass is 9.97. The predicted molar refractivity (Wildman–Crippen MR) is 106 cm³/mol. The molecule has 0 radical (unpaired) electrons. The number of nitrogens with one attached hydrogen (secondary N) is 1. The van der Waals surface area contributed by atoms with Crippen molar-refractivity contribution >= 4 is 27.5 Å². The van der Waals surface area contributed by atoms with Gasteiger partial charge in [0.1, 0.15) is 17.3 Å². The van der Waals surface area contributed by atoms with Crippen LogP contribution in [0.1, 0.15) is 53.9 Å². The number of aryl methyl sites for hydroxylation is 2. The summed E-state index contributed by atoms with van der Waals surface area (Å²) in [5, 5.41) is 0.723. The SMILES string of the molecule is CC[C@@H](C(=O)OCc1nc2sc3c(c2c(=O)[nH]1)CCCC3)c1ccccc1. The molecule has 0 unspecified atom stereocenters. The summed E-state index contributed by atoms with van der Waals surface area (Å²) in [6.07, 6.45) is 4.91. The normalized spacial score (nSPS) is 14.7. The quantitative estimate of drug-likeness (QED) is 0.674. The molecular formula is C21H22N2O3S. The summed E-state index contributed by atoms with van der Waals surface area (Å²) in [5.41, 5.74) is 1.97. The number of benzene rings is 1. The fourth-order valence-corrected chi connectivity index (χ4v) is 5.02. The van der Waals surface area contributed by atoms with Gasteiger partial charge in [-0.25, -0.2) is 4.98 Å². The molecule has 2 heterocycles. The summed E-state index contributed by atoms with van der Waals surface area (Å²) in [5.74, 6) is -0.199. The van der Waals surface area contributed by atoms with Crippen molar-refractivity contribution in [3.63, 3.8) is 0 Å². The molecule has 3 aromatic rings. The first-order valence-corrected chi connectivity index (χ1v) is 10.2. The zero-order valence-electron chi connectivity index (χ0n) is 15.3. The summed E-state index contributed by atoms with van der Waals surface area (Å²) in [6, 6.07) is 9.61. The monoisotopic (exact) mass is 382 g/mol. The number of aromatic nitrogens is 2. The minimum atomic E-state index is -0.310. The zero-order valence-corrected chi connectivity index (χ0v) is 16.1. The van der Waals surface area contributed by atoms with Crippen molar-refractivity contribution in [1.29, 1.82) is 0 Å². The highest BCUT2D eigenvalue weighted by atomic mass is 32.1.